The van der Waals surface area contributed by atoms with E-state index in [0.29, 0.717) is 29.3 Å². The van der Waals surface area contributed by atoms with Gasteiger partial charge in [-0.05, 0) is 35.0 Å². The zero-order valence-corrected chi connectivity index (χ0v) is 12.5. The molecule has 0 fully saturated rings. The summed E-state index contributed by atoms with van der Waals surface area (Å²) >= 11 is 3.41. The minimum Gasteiger partial charge on any atom is -0.496 e. The van der Waals surface area contributed by atoms with Crippen LogP contribution in [0.15, 0.2) is 16.6 Å². The Labute approximate surface area is 119 Å². The van der Waals surface area contributed by atoms with Gasteiger partial charge in [-0.25, -0.2) is 4.79 Å². The SMILES string of the molecule is CCOC(=O)c1cc2c(OC)cc(Br)c(OC)c2[nH]1. The van der Waals surface area contributed by atoms with Gasteiger partial charge in [0.2, 0.25) is 0 Å². The second-order valence-corrected chi connectivity index (χ2v) is 4.64. The Balaban J connectivity index is 2.65. The molecule has 1 heterocycles. The van der Waals surface area contributed by atoms with Crippen molar-refractivity contribution in [3.8, 4) is 11.5 Å². The average Bonchev–Trinajstić information content (AvgIpc) is 2.83. The summed E-state index contributed by atoms with van der Waals surface area (Å²) in [6, 6.07) is 3.49. The number of benzene rings is 1. The van der Waals surface area contributed by atoms with Crippen LogP contribution in [-0.2, 0) is 4.74 Å². The number of aromatic nitrogens is 1. The van der Waals surface area contributed by atoms with Gasteiger partial charge in [-0.3, -0.25) is 0 Å². The average molecular weight is 328 g/mol. The van der Waals surface area contributed by atoms with Crippen molar-refractivity contribution in [1.29, 1.82) is 0 Å². The van der Waals surface area contributed by atoms with Crippen LogP contribution in [-0.4, -0.2) is 31.8 Å². The zero-order chi connectivity index (χ0) is 14.0. The summed E-state index contributed by atoms with van der Waals surface area (Å²) in [5, 5.41) is 0.769. The van der Waals surface area contributed by atoms with E-state index in [1.807, 2.05) is 0 Å². The molecule has 0 saturated heterocycles. The molecule has 2 rings (SSSR count). The van der Waals surface area contributed by atoms with Gasteiger partial charge in [0.25, 0.3) is 0 Å². The summed E-state index contributed by atoms with van der Waals surface area (Å²) in [5.41, 5.74) is 1.06. The lowest BCUT2D eigenvalue weighted by atomic mass is 10.2. The van der Waals surface area contributed by atoms with Crippen LogP contribution in [0.5, 0.6) is 11.5 Å². The maximum absolute atomic E-state index is 11.8. The molecule has 0 bridgehead atoms. The number of carbonyl (C=O) groups is 1. The molecule has 0 radical (unpaired) electrons. The molecule has 0 saturated carbocycles. The molecule has 2 aromatic rings. The zero-order valence-electron chi connectivity index (χ0n) is 10.9. The summed E-state index contributed by atoms with van der Waals surface area (Å²) in [5.74, 6) is 0.861. The van der Waals surface area contributed by atoms with Crippen molar-refractivity contribution < 1.29 is 19.0 Å². The molecule has 0 spiro atoms. The van der Waals surface area contributed by atoms with Gasteiger partial charge in [0.1, 0.15) is 11.4 Å². The smallest absolute Gasteiger partial charge is 0.354 e. The fourth-order valence-corrected chi connectivity index (χ4v) is 2.46. The maximum Gasteiger partial charge on any atom is 0.354 e. The molecule has 1 N–H and O–H groups in total. The highest BCUT2D eigenvalue weighted by Crippen LogP contribution is 2.39. The van der Waals surface area contributed by atoms with E-state index in [-0.39, 0.29) is 0 Å². The number of nitrogens with one attached hydrogen (secondary N) is 1. The number of ether oxygens (including phenoxy) is 3. The van der Waals surface area contributed by atoms with Gasteiger partial charge in [-0.1, -0.05) is 0 Å². The van der Waals surface area contributed by atoms with E-state index in [9.17, 15) is 4.79 Å². The highest BCUT2D eigenvalue weighted by Gasteiger charge is 2.18. The number of esters is 1. The minimum atomic E-state index is -0.404. The number of hydrogen-bond acceptors (Lipinski definition) is 4. The molecule has 0 aliphatic rings. The number of fused-ring (bicyclic) bond motifs is 1. The molecule has 6 heteroatoms. The Kier molecular flexibility index (Phi) is 3.99. The number of rotatable bonds is 4. The molecule has 1 aromatic carbocycles. The highest BCUT2D eigenvalue weighted by atomic mass is 79.9. The van der Waals surface area contributed by atoms with Crippen LogP contribution in [0.2, 0.25) is 0 Å². The summed E-state index contributed by atoms with van der Waals surface area (Å²) in [7, 11) is 3.14. The maximum atomic E-state index is 11.8. The first-order valence-corrected chi connectivity index (χ1v) is 6.52. The third-order valence-corrected chi connectivity index (χ3v) is 3.29. The lowest BCUT2D eigenvalue weighted by Gasteiger charge is -2.08. The Morgan fingerprint density at radius 3 is 2.63 bits per heavy atom. The van der Waals surface area contributed by atoms with E-state index in [1.54, 1.807) is 33.3 Å². The van der Waals surface area contributed by atoms with E-state index in [2.05, 4.69) is 20.9 Å². The topological polar surface area (TPSA) is 60.6 Å². The van der Waals surface area contributed by atoms with Gasteiger partial charge in [0, 0.05) is 5.39 Å². The quantitative estimate of drug-likeness (QED) is 0.876. The first-order chi connectivity index (χ1) is 9.12. The van der Waals surface area contributed by atoms with Crippen LogP contribution < -0.4 is 9.47 Å². The van der Waals surface area contributed by atoms with Crippen molar-refractivity contribution in [2.45, 2.75) is 6.92 Å². The van der Waals surface area contributed by atoms with Crippen molar-refractivity contribution in [3.05, 3.63) is 22.3 Å². The van der Waals surface area contributed by atoms with E-state index < -0.39 is 5.97 Å². The van der Waals surface area contributed by atoms with Gasteiger partial charge in [0.15, 0.2) is 5.75 Å². The van der Waals surface area contributed by atoms with Gasteiger partial charge in [-0.15, -0.1) is 0 Å². The summed E-state index contributed by atoms with van der Waals surface area (Å²) in [4.78, 5) is 14.8. The van der Waals surface area contributed by atoms with Crippen molar-refractivity contribution in [2.24, 2.45) is 0 Å². The highest BCUT2D eigenvalue weighted by molar-refractivity contribution is 9.10. The normalized spacial score (nSPS) is 10.5. The third kappa shape index (κ3) is 2.40. The molecule has 0 amide bonds. The second kappa shape index (κ2) is 5.52. The third-order valence-electron chi connectivity index (χ3n) is 2.70. The van der Waals surface area contributed by atoms with Crippen molar-refractivity contribution >= 4 is 32.8 Å². The van der Waals surface area contributed by atoms with Crippen LogP contribution >= 0.6 is 15.9 Å². The number of aromatic amines is 1. The number of methoxy groups -OCH3 is 2. The number of carbonyl (C=O) groups excluding carboxylic acids is 1. The fourth-order valence-electron chi connectivity index (χ4n) is 1.89. The molecule has 102 valence electrons. The summed E-state index contributed by atoms with van der Waals surface area (Å²) in [6.07, 6.45) is 0. The summed E-state index contributed by atoms with van der Waals surface area (Å²) < 4.78 is 16.3. The Hall–Kier alpha value is -1.69. The Morgan fingerprint density at radius 2 is 2.05 bits per heavy atom. The van der Waals surface area contributed by atoms with Gasteiger partial charge >= 0.3 is 5.97 Å². The lowest BCUT2D eigenvalue weighted by Crippen LogP contribution is -2.04. The van der Waals surface area contributed by atoms with E-state index >= 15 is 0 Å². The molecule has 0 unspecified atom stereocenters. The second-order valence-electron chi connectivity index (χ2n) is 3.79. The van der Waals surface area contributed by atoms with Gasteiger partial charge in [-0.2, -0.15) is 0 Å². The Morgan fingerprint density at radius 1 is 1.32 bits per heavy atom. The molecule has 19 heavy (non-hydrogen) atoms. The van der Waals surface area contributed by atoms with Crippen molar-refractivity contribution in [2.75, 3.05) is 20.8 Å². The van der Waals surface area contributed by atoms with E-state index in [0.717, 1.165) is 9.86 Å². The first kappa shape index (κ1) is 13.7. The largest absolute Gasteiger partial charge is 0.496 e. The molecule has 0 aliphatic carbocycles. The van der Waals surface area contributed by atoms with Crippen molar-refractivity contribution in [1.82, 2.24) is 4.98 Å². The van der Waals surface area contributed by atoms with E-state index in [1.165, 1.54) is 0 Å². The van der Waals surface area contributed by atoms with Crippen molar-refractivity contribution in [3.63, 3.8) is 0 Å². The number of hydrogen-bond donors (Lipinski definition) is 1. The summed E-state index contributed by atoms with van der Waals surface area (Å²) in [6.45, 7) is 2.09. The Bertz CT molecular complexity index is 621. The molecule has 0 aliphatic heterocycles. The molecule has 0 atom stereocenters. The standard InChI is InChI=1S/C13H14BrNO4/c1-4-19-13(16)9-5-7-10(17-2)6-8(14)12(18-3)11(7)15-9/h5-6,15H,4H2,1-3H3. The van der Waals surface area contributed by atoms with Crippen LogP contribution in [0.3, 0.4) is 0 Å². The number of halogens is 1. The molecular weight excluding hydrogens is 314 g/mol. The molecule has 5 nitrogen and oxygen atoms in total. The van der Waals surface area contributed by atoms with Crippen LogP contribution in [0.1, 0.15) is 17.4 Å². The monoisotopic (exact) mass is 327 g/mol. The van der Waals surface area contributed by atoms with Gasteiger partial charge in [0.05, 0.1) is 30.8 Å². The van der Waals surface area contributed by atoms with E-state index in [4.69, 9.17) is 14.2 Å². The van der Waals surface area contributed by atoms with Crippen LogP contribution in [0, 0.1) is 0 Å². The lowest BCUT2D eigenvalue weighted by molar-refractivity contribution is 0.0520. The number of H-pyrrole nitrogens is 1. The predicted octanol–water partition coefficient (Wildman–Crippen LogP) is 3.12. The minimum absolute atomic E-state index is 0.326. The van der Waals surface area contributed by atoms with Crippen LogP contribution in [0.25, 0.3) is 10.9 Å². The molecular formula is C13H14BrNO4. The van der Waals surface area contributed by atoms with Gasteiger partial charge < -0.3 is 19.2 Å². The molecule has 1 aromatic heterocycles. The first-order valence-electron chi connectivity index (χ1n) is 5.72. The predicted molar refractivity (Wildman–Crippen MR) is 75.1 cm³/mol. The fraction of sp³-hybridized carbons (Fsp3) is 0.308. The van der Waals surface area contributed by atoms with Crippen LogP contribution in [0.4, 0.5) is 0 Å².